The Labute approximate surface area is 559 Å². The van der Waals surface area contributed by atoms with Crippen molar-refractivity contribution in [3.8, 4) is 0 Å². The number of aliphatic hydroxyl groups is 2. The van der Waals surface area contributed by atoms with E-state index in [1.165, 1.54) is 26.0 Å². The van der Waals surface area contributed by atoms with Gasteiger partial charge in [-0.1, -0.05) is 85.0 Å². The monoisotopic (exact) mass is 1360 g/mol. The largest absolute Gasteiger partial charge is 0.466 e. The molecule has 0 saturated heterocycles. The van der Waals surface area contributed by atoms with Crippen molar-refractivity contribution in [2.24, 2.45) is 33.9 Å². The maximum atomic E-state index is 14.3. The quantitative estimate of drug-likeness (QED) is 0.00961. The van der Waals surface area contributed by atoms with Gasteiger partial charge < -0.3 is 72.7 Å². The summed E-state index contributed by atoms with van der Waals surface area (Å²) in [6.45, 7) is 23.5. The third-order valence-electron chi connectivity index (χ3n) is 14.8. The fourth-order valence-corrected chi connectivity index (χ4v) is 10.2. The first-order chi connectivity index (χ1) is 44.5. The van der Waals surface area contributed by atoms with Crippen LogP contribution in [0.15, 0.2) is 30.3 Å². The highest BCUT2D eigenvalue weighted by Gasteiger charge is 2.43. The van der Waals surface area contributed by atoms with Gasteiger partial charge in [-0.15, -0.1) is 0 Å². The van der Waals surface area contributed by atoms with Crippen molar-refractivity contribution in [3.05, 3.63) is 25.3 Å². The molecule has 0 radical (unpaired) electrons. The van der Waals surface area contributed by atoms with E-state index in [9.17, 15) is 82.1 Å². The van der Waals surface area contributed by atoms with E-state index in [0.717, 1.165) is 32.5 Å². The molecule has 1 rings (SSSR count). The Morgan fingerprint density at radius 1 is 0.611 bits per heavy atom. The number of thioether (sulfide) groups is 1. The molecule has 0 aromatic carbocycles. The summed E-state index contributed by atoms with van der Waals surface area (Å²) in [5.41, 5.74) is 6.38. The summed E-state index contributed by atoms with van der Waals surface area (Å²) in [4.78, 5) is 204. The number of amides is 8. The highest BCUT2D eigenvalue weighted by atomic mass is 32.2. The first kappa shape index (κ1) is 85.2. The molecule has 1 fully saturated rings. The Bertz CT molecular complexity index is 2720. The van der Waals surface area contributed by atoms with Gasteiger partial charge in [0.05, 0.1) is 37.8 Å². The Balaban J connectivity index is 3.40. The number of carbonyl (C=O) groups excluding carboxylic acids is 15. The Morgan fingerprint density at radius 2 is 1.08 bits per heavy atom. The number of aliphatic hydroxyl groups excluding tert-OH is 2. The molecule has 30 nitrogen and oxygen atoms in total. The molecule has 1 aliphatic rings. The second-order valence-corrected chi connectivity index (χ2v) is 25.8. The number of nitrogens with two attached hydrogens (primary N) is 1. The molecule has 0 aliphatic heterocycles. The minimum Gasteiger partial charge on any atom is -0.466 e. The van der Waals surface area contributed by atoms with E-state index in [-0.39, 0.29) is 88.1 Å². The van der Waals surface area contributed by atoms with Crippen LogP contribution in [0.2, 0.25) is 0 Å². The molecule has 31 heteroatoms. The molecule has 0 heterocycles. The topological polar surface area (TPSA) is 459 Å². The van der Waals surface area contributed by atoms with Gasteiger partial charge in [-0.2, -0.15) is 0 Å². The average molecular weight is 1360 g/mol. The fourth-order valence-electron chi connectivity index (χ4n) is 9.57. The van der Waals surface area contributed by atoms with Gasteiger partial charge in [-0.05, 0) is 90.4 Å². The predicted molar refractivity (Wildman–Crippen MR) is 350 cm³/mol. The van der Waals surface area contributed by atoms with Crippen molar-refractivity contribution in [1.82, 2.24) is 42.5 Å². The second-order valence-electron chi connectivity index (χ2n) is 24.6. The smallest absolute Gasteiger partial charge is 0.306 e. The van der Waals surface area contributed by atoms with Crippen molar-refractivity contribution in [3.63, 3.8) is 0 Å². The lowest BCUT2D eigenvalue weighted by Crippen LogP contribution is -2.63. The van der Waals surface area contributed by atoms with Crippen molar-refractivity contribution >= 4 is 105 Å². The van der Waals surface area contributed by atoms with Crippen LogP contribution in [0.4, 0.5) is 0 Å². The number of hydrogen-bond donors (Lipinski definition) is 11. The second kappa shape index (κ2) is 44.1. The zero-order chi connectivity index (χ0) is 72.3. The van der Waals surface area contributed by atoms with Crippen molar-refractivity contribution < 1.29 is 96.3 Å². The van der Waals surface area contributed by atoms with Crippen LogP contribution in [-0.4, -0.2) is 203 Å². The molecule has 12 N–H and O–H groups in total. The first-order valence-corrected chi connectivity index (χ1v) is 33.0. The van der Waals surface area contributed by atoms with Crippen molar-refractivity contribution in [2.75, 3.05) is 38.7 Å². The number of hydrogen-bond acceptors (Lipinski definition) is 23. The number of nitrogens with zero attached hydrogens (tertiary/aromatic N) is 1. The number of carbonyl (C=O) groups is 15. The van der Waals surface area contributed by atoms with Gasteiger partial charge in [0.15, 0.2) is 0 Å². The minimum atomic E-state index is -1.84. The van der Waals surface area contributed by atoms with E-state index in [1.807, 2.05) is 27.7 Å². The van der Waals surface area contributed by atoms with Crippen LogP contribution in [0.3, 0.4) is 0 Å². The summed E-state index contributed by atoms with van der Waals surface area (Å²) in [5, 5.41) is 39.7. The molecule has 0 aromatic heterocycles. The zero-order valence-corrected chi connectivity index (χ0v) is 57.5. The van der Waals surface area contributed by atoms with Gasteiger partial charge in [0.1, 0.15) is 78.8 Å². The van der Waals surface area contributed by atoms with Crippen molar-refractivity contribution in [2.45, 2.75) is 220 Å². The van der Waals surface area contributed by atoms with E-state index in [4.69, 9.17) is 19.9 Å². The number of rotatable bonds is 45. The zero-order valence-electron chi connectivity index (χ0n) is 56.7. The maximum absolute atomic E-state index is 14.3. The SMILES string of the molecule is C=CCOC(=O)CC[C@H](NC(=O)C(N)CCCCN=C(CC(C)C)C1C(=O)CC(C)(C)CC1=O)C(=O)N[C@@H](C)C(=O)N[C@@H](CCC(=O)OCC=C)C(=O)N[C@@H](CC(C)=O)C(=O)N[C@H](C(=O)N[C@H](C(=O)N[C@H](C(=O)NCC(=O)SCCC(=O)OCC)C(C)O)C(C)O)C(C)CC. The van der Waals surface area contributed by atoms with E-state index < -0.39 is 186 Å². The third kappa shape index (κ3) is 33.0. The summed E-state index contributed by atoms with van der Waals surface area (Å²) >= 11 is 0.731. The molecule has 1 aliphatic carbocycles. The Hall–Kier alpha value is -7.77. The predicted octanol–water partition coefficient (Wildman–Crippen LogP) is 0.0938. The lowest BCUT2D eigenvalue weighted by atomic mass is 9.69. The van der Waals surface area contributed by atoms with Gasteiger partial charge >= 0.3 is 17.9 Å². The van der Waals surface area contributed by atoms with Crippen LogP contribution in [0.5, 0.6) is 0 Å². The van der Waals surface area contributed by atoms with Crippen LogP contribution in [-0.2, 0) is 86.1 Å². The molecular weight excluding hydrogens is 1260 g/mol. The van der Waals surface area contributed by atoms with Gasteiger partial charge in [0.25, 0.3) is 0 Å². The lowest BCUT2D eigenvalue weighted by molar-refractivity contribution is -0.144. The first-order valence-electron chi connectivity index (χ1n) is 32.0. The number of ketones is 3. The standard InChI is InChI=1S/C64H102N10O20S/c1-14-27-93-48(80)23-21-42(70-57(85)41(65)20-18-19-26-66-44(30-35(5)6)52-46(78)32-64(12,13)33-47(52)79)58(86)68-38(9)56(84)69-43(22-24-49(81)94-28-15-2)59(87)71-45(31-37(8)75)60(88)72-53(36(7)16-3)62(90)74-55(40(11)77)63(91)73-54(39(10)76)61(89)67-34-51(83)95-29-25-50(82)92-17-4/h14-15,35-36,38-43,45,52-55,76-77H,1-2,16-34,65H2,3-13H3,(H,67,89)(H,68,86)(H,69,84)(H,70,85)(H,71,87)(H,72,88)(H,73,91)(H,74,90)/t36?,38-,39?,40?,41?,42-,43-,45-,53-,54-,55-/m0/s1. The number of ether oxygens (including phenoxy) is 3. The van der Waals surface area contributed by atoms with Crippen molar-refractivity contribution in [1.29, 1.82) is 0 Å². The van der Waals surface area contributed by atoms with Gasteiger partial charge in [0, 0.05) is 50.1 Å². The van der Waals surface area contributed by atoms with Gasteiger partial charge in [-0.25, -0.2) is 0 Å². The summed E-state index contributed by atoms with van der Waals surface area (Å²) in [7, 11) is 0. The Morgan fingerprint density at radius 3 is 1.58 bits per heavy atom. The number of esters is 3. The van der Waals surface area contributed by atoms with Crippen LogP contribution < -0.4 is 48.3 Å². The minimum absolute atomic E-state index is 0.0530. The van der Waals surface area contributed by atoms with E-state index >= 15 is 0 Å². The summed E-state index contributed by atoms with van der Waals surface area (Å²) in [5.74, 6) is -12.9. The van der Waals surface area contributed by atoms with E-state index in [2.05, 4.69) is 60.7 Å². The van der Waals surface area contributed by atoms with Gasteiger partial charge in [0.2, 0.25) is 52.4 Å². The lowest BCUT2D eigenvalue weighted by Gasteiger charge is -2.33. The fraction of sp³-hybridized carbons (Fsp3) is 0.688. The van der Waals surface area contributed by atoms with E-state index in [0.29, 0.717) is 25.0 Å². The van der Waals surface area contributed by atoms with Crippen LogP contribution in [0.25, 0.3) is 0 Å². The molecule has 95 heavy (non-hydrogen) atoms. The van der Waals surface area contributed by atoms with Crippen LogP contribution >= 0.6 is 11.8 Å². The maximum Gasteiger partial charge on any atom is 0.306 e. The molecule has 8 amide bonds. The summed E-state index contributed by atoms with van der Waals surface area (Å²) in [6, 6.07) is -12.8. The highest BCUT2D eigenvalue weighted by molar-refractivity contribution is 8.13. The number of nitrogens with one attached hydrogen (secondary N) is 8. The Kier molecular flexibility index (Phi) is 39.5. The molecule has 0 spiro atoms. The van der Waals surface area contributed by atoms with Crippen LogP contribution in [0.1, 0.15) is 160 Å². The third-order valence-corrected chi connectivity index (χ3v) is 15.7. The molecule has 534 valence electrons. The number of unbranched alkanes of at least 4 members (excludes halogenated alkanes) is 1. The van der Waals surface area contributed by atoms with Crippen LogP contribution in [0, 0.1) is 23.2 Å². The average Bonchev–Trinajstić information content (AvgIpc) is 0.811. The normalized spacial score (nSPS) is 16.6. The molecule has 0 aromatic rings. The number of aliphatic imine (C=N–C) groups is 1. The van der Waals surface area contributed by atoms with E-state index in [1.54, 1.807) is 13.8 Å². The molecule has 4 unspecified atom stereocenters. The summed E-state index contributed by atoms with van der Waals surface area (Å²) in [6.07, 6.45) is -1.13. The highest BCUT2D eigenvalue weighted by Crippen LogP contribution is 2.35. The molecule has 1 saturated carbocycles. The molecular formula is C64H102N10O20S. The summed E-state index contributed by atoms with van der Waals surface area (Å²) < 4.78 is 14.9. The number of Topliss-reactive ketones (excluding diaryl/α,β-unsaturated/α-hetero) is 3. The molecule has 11 atom stereocenters. The van der Waals surface area contributed by atoms with Gasteiger partial charge in [-0.3, -0.25) is 76.9 Å². The molecule has 0 bridgehead atoms.